The lowest BCUT2D eigenvalue weighted by molar-refractivity contribution is 0.105. The first-order valence-electron chi connectivity index (χ1n) is 10.8. The molecule has 1 aliphatic heterocycles. The molecule has 2 aromatic carbocycles. The first kappa shape index (κ1) is 21.6. The summed E-state index contributed by atoms with van der Waals surface area (Å²) in [6, 6.07) is 18.4. The number of rotatable bonds is 6. The van der Waals surface area contributed by atoms with Crippen molar-refractivity contribution in [2.45, 2.75) is 32.6 Å². The smallest absolute Gasteiger partial charge is 0.407 e. The van der Waals surface area contributed by atoms with Crippen LogP contribution in [0.25, 0.3) is 11.1 Å². The lowest BCUT2D eigenvalue weighted by Gasteiger charge is -2.37. The molecular formula is C26H27N3O3. The van der Waals surface area contributed by atoms with Crippen molar-refractivity contribution in [3.05, 3.63) is 88.7 Å². The molecule has 4 rings (SSSR count). The number of nitrogens with zero attached hydrogens (tertiary/aromatic N) is 3. The Labute approximate surface area is 187 Å². The van der Waals surface area contributed by atoms with Crippen molar-refractivity contribution in [3.63, 3.8) is 0 Å². The molecule has 0 saturated carbocycles. The first-order chi connectivity index (χ1) is 15.5. The fraction of sp³-hybridized carbons (Fsp3) is 0.269. The molecule has 0 spiro atoms. The van der Waals surface area contributed by atoms with E-state index in [9.17, 15) is 10.0 Å². The van der Waals surface area contributed by atoms with Gasteiger partial charge in [0.15, 0.2) is 0 Å². The van der Waals surface area contributed by atoms with E-state index in [-0.39, 0.29) is 5.92 Å². The number of hydrogen-bond donors (Lipinski definition) is 2. The largest absolute Gasteiger partial charge is 0.465 e. The van der Waals surface area contributed by atoms with Crippen LogP contribution in [0.5, 0.6) is 0 Å². The van der Waals surface area contributed by atoms with Crippen molar-refractivity contribution in [2.24, 2.45) is 5.16 Å². The van der Waals surface area contributed by atoms with Gasteiger partial charge in [-0.25, -0.2) is 4.79 Å². The van der Waals surface area contributed by atoms with Crippen molar-refractivity contribution >= 4 is 11.8 Å². The van der Waals surface area contributed by atoms with Crippen molar-refractivity contribution in [3.8, 4) is 11.1 Å². The summed E-state index contributed by atoms with van der Waals surface area (Å²) in [5, 5.41) is 22.3. The molecule has 0 radical (unpaired) electrons. The van der Waals surface area contributed by atoms with Gasteiger partial charge in [-0.3, -0.25) is 4.98 Å². The van der Waals surface area contributed by atoms with Crippen LogP contribution < -0.4 is 0 Å². The van der Waals surface area contributed by atoms with Crippen LogP contribution in [0.2, 0.25) is 0 Å². The lowest BCUT2D eigenvalue weighted by atomic mass is 9.90. The first-order valence-corrected chi connectivity index (χ1v) is 10.8. The standard InChI is InChI=1S/C26H27N3O3/c1-17-14-21(12-13-27-17)23-4-3-5-24(18(23)2)25(28-32)11-8-19-6-9-20(10-7-19)22-15-29(16-22)26(30)31/h3-7,9-10,12-14,22,32H,8,11,15-16H2,1-2H3,(H,30,31)/b28-25-. The quantitative estimate of drug-likeness (QED) is 0.318. The van der Waals surface area contributed by atoms with Crippen LogP contribution in [0.3, 0.4) is 0 Å². The SMILES string of the molecule is Cc1cc(-c2cccc(/C(CCc3ccc(C4CN(C(=O)O)C4)cc3)=N\O)c2C)ccn1. The maximum Gasteiger partial charge on any atom is 0.407 e. The molecule has 0 unspecified atom stereocenters. The zero-order valence-electron chi connectivity index (χ0n) is 18.3. The van der Waals surface area contributed by atoms with E-state index < -0.39 is 6.09 Å². The molecule has 6 heteroatoms. The van der Waals surface area contributed by atoms with Gasteiger partial charge in [0.25, 0.3) is 0 Å². The van der Waals surface area contributed by atoms with Gasteiger partial charge < -0.3 is 15.2 Å². The van der Waals surface area contributed by atoms with Crippen LogP contribution in [0, 0.1) is 13.8 Å². The number of benzene rings is 2. The maximum atomic E-state index is 10.9. The van der Waals surface area contributed by atoms with Crippen molar-refractivity contribution in [1.29, 1.82) is 0 Å². The third-order valence-electron chi connectivity index (χ3n) is 6.23. The lowest BCUT2D eigenvalue weighted by Crippen LogP contribution is -2.47. The fourth-order valence-electron chi connectivity index (χ4n) is 4.28. The number of aryl methyl sites for hydroxylation is 2. The molecule has 1 amide bonds. The second-order valence-corrected chi connectivity index (χ2v) is 8.34. The summed E-state index contributed by atoms with van der Waals surface area (Å²) in [5.41, 5.74) is 8.17. The van der Waals surface area contributed by atoms with Gasteiger partial charge in [0.05, 0.1) is 5.71 Å². The molecule has 0 atom stereocenters. The maximum absolute atomic E-state index is 10.9. The Morgan fingerprint density at radius 3 is 2.53 bits per heavy atom. The summed E-state index contributed by atoms with van der Waals surface area (Å²) in [4.78, 5) is 16.6. The topological polar surface area (TPSA) is 86.0 Å². The average molecular weight is 430 g/mol. The van der Waals surface area contributed by atoms with E-state index in [2.05, 4.69) is 53.5 Å². The second-order valence-electron chi connectivity index (χ2n) is 8.34. The molecule has 2 N–H and O–H groups in total. The Kier molecular flexibility index (Phi) is 6.21. The van der Waals surface area contributed by atoms with Crippen LogP contribution in [0.1, 0.15) is 40.3 Å². The minimum absolute atomic E-state index is 0.275. The predicted molar refractivity (Wildman–Crippen MR) is 125 cm³/mol. The summed E-state index contributed by atoms with van der Waals surface area (Å²) >= 11 is 0. The molecule has 1 aliphatic rings. The molecule has 0 bridgehead atoms. The van der Waals surface area contributed by atoms with Gasteiger partial charge >= 0.3 is 6.09 Å². The van der Waals surface area contributed by atoms with E-state index in [1.54, 1.807) is 0 Å². The van der Waals surface area contributed by atoms with E-state index in [0.29, 0.717) is 25.2 Å². The Morgan fingerprint density at radius 1 is 1.12 bits per heavy atom. The zero-order valence-corrected chi connectivity index (χ0v) is 18.3. The van der Waals surface area contributed by atoms with Crippen molar-refractivity contribution in [1.82, 2.24) is 9.88 Å². The summed E-state index contributed by atoms with van der Waals surface area (Å²) in [7, 11) is 0. The van der Waals surface area contributed by atoms with Gasteiger partial charge in [0, 0.05) is 36.5 Å². The molecule has 164 valence electrons. The van der Waals surface area contributed by atoms with E-state index in [1.807, 2.05) is 31.3 Å². The van der Waals surface area contributed by atoms with E-state index in [4.69, 9.17) is 5.11 Å². The van der Waals surface area contributed by atoms with Crippen LogP contribution in [0.4, 0.5) is 4.79 Å². The summed E-state index contributed by atoms with van der Waals surface area (Å²) in [6.07, 6.45) is 2.33. The van der Waals surface area contributed by atoms with E-state index in [0.717, 1.165) is 39.9 Å². The number of carboxylic acid groups (broad SMARTS) is 1. The molecule has 6 nitrogen and oxygen atoms in total. The van der Waals surface area contributed by atoms with Gasteiger partial charge in [-0.1, -0.05) is 47.6 Å². The minimum atomic E-state index is -0.855. The monoisotopic (exact) mass is 429 g/mol. The van der Waals surface area contributed by atoms with Gasteiger partial charge in [0.1, 0.15) is 0 Å². The van der Waals surface area contributed by atoms with Gasteiger partial charge in [-0.15, -0.1) is 0 Å². The highest BCUT2D eigenvalue weighted by Gasteiger charge is 2.31. The van der Waals surface area contributed by atoms with E-state index >= 15 is 0 Å². The summed E-state index contributed by atoms with van der Waals surface area (Å²) in [5.74, 6) is 0.275. The Balaban J connectivity index is 1.44. The third kappa shape index (κ3) is 4.49. The van der Waals surface area contributed by atoms with Crippen molar-refractivity contribution < 1.29 is 15.1 Å². The highest BCUT2D eigenvalue weighted by Crippen LogP contribution is 2.29. The normalized spacial score (nSPS) is 14.3. The minimum Gasteiger partial charge on any atom is -0.465 e. The van der Waals surface area contributed by atoms with Crippen LogP contribution in [-0.4, -0.2) is 45.1 Å². The number of oxime groups is 1. The number of likely N-dealkylation sites (tertiary alicyclic amines) is 1. The molecule has 3 aromatic rings. The average Bonchev–Trinajstić information content (AvgIpc) is 2.75. The number of pyridine rings is 1. The number of hydrogen-bond acceptors (Lipinski definition) is 4. The number of amides is 1. The molecule has 1 aromatic heterocycles. The molecule has 32 heavy (non-hydrogen) atoms. The molecule has 1 fully saturated rings. The van der Waals surface area contributed by atoms with Gasteiger partial charge in [0.2, 0.25) is 0 Å². The Morgan fingerprint density at radius 2 is 1.88 bits per heavy atom. The highest BCUT2D eigenvalue weighted by atomic mass is 16.4. The van der Waals surface area contributed by atoms with E-state index in [1.165, 1.54) is 10.5 Å². The Bertz CT molecular complexity index is 1150. The zero-order chi connectivity index (χ0) is 22.7. The van der Waals surface area contributed by atoms with Gasteiger partial charge in [-0.2, -0.15) is 0 Å². The highest BCUT2D eigenvalue weighted by molar-refractivity contribution is 6.02. The van der Waals surface area contributed by atoms with Crippen LogP contribution in [0.15, 0.2) is 65.9 Å². The van der Waals surface area contributed by atoms with Crippen molar-refractivity contribution in [2.75, 3.05) is 13.1 Å². The molecular weight excluding hydrogens is 402 g/mol. The number of carbonyl (C=O) groups is 1. The molecule has 0 aliphatic carbocycles. The fourth-order valence-corrected chi connectivity index (χ4v) is 4.28. The van der Waals surface area contributed by atoms with Gasteiger partial charge in [-0.05, 0) is 66.6 Å². The summed E-state index contributed by atoms with van der Waals surface area (Å²) < 4.78 is 0. The Hall–Kier alpha value is -3.67. The summed E-state index contributed by atoms with van der Waals surface area (Å²) in [6.45, 7) is 5.15. The van der Waals surface area contributed by atoms with Crippen LogP contribution in [-0.2, 0) is 6.42 Å². The molecule has 2 heterocycles. The predicted octanol–water partition coefficient (Wildman–Crippen LogP) is 5.25. The number of aromatic nitrogens is 1. The third-order valence-corrected chi connectivity index (χ3v) is 6.23. The molecule has 1 saturated heterocycles. The van der Waals surface area contributed by atoms with Crippen LogP contribution >= 0.6 is 0 Å². The second kappa shape index (κ2) is 9.22.